The van der Waals surface area contributed by atoms with Crippen molar-refractivity contribution in [1.29, 1.82) is 0 Å². The van der Waals surface area contributed by atoms with Crippen LogP contribution in [0.1, 0.15) is 5.56 Å². The molecule has 0 atom stereocenters. The average Bonchev–Trinajstić information content (AvgIpc) is 2.58. The second-order valence-corrected chi connectivity index (χ2v) is 6.56. The number of rotatable bonds is 9. The van der Waals surface area contributed by atoms with E-state index < -0.39 is 21.6 Å². The molecule has 0 fully saturated rings. The molecule has 0 bridgehead atoms. The molecule has 1 aromatic rings. The van der Waals surface area contributed by atoms with Gasteiger partial charge >= 0.3 is 5.24 Å². The van der Waals surface area contributed by atoms with Gasteiger partial charge in [-0.3, -0.25) is 4.79 Å². The number of primary amides is 1. The van der Waals surface area contributed by atoms with E-state index in [0.29, 0.717) is 17.1 Å². The van der Waals surface area contributed by atoms with Gasteiger partial charge in [-0.1, -0.05) is 6.07 Å². The van der Waals surface area contributed by atoms with Crippen LogP contribution in [-0.2, 0) is 26.0 Å². The summed E-state index contributed by atoms with van der Waals surface area (Å²) in [7, 11) is 1.29. The van der Waals surface area contributed by atoms with E-state index in [-0.39, 0.29) is 13.1 Å². The Morgan fingerprint density at radius 1 is 1.17 bits per heavy atom. The molecule has 0 saturated heterocycles. The SMILES string of the molecule is COc1ccc(CN(CC(OC)OC)S(=O)(=O)C(N)=O)c(OC)c1. The Kier molecular flexibility index (Phi) is 7.42. The fraction of sp³-hybridized carbons (Fsp3) is 0.500. The van der Waals surface area contributed by atoms with E-state index in [4.69, 9.17) is 24.7 Å². The minimum absolute atomic E-state index is 0.151. The van der Waals surface area contributed by atoms with Crippen molar-refractivity contribution in [3.8, 4) is 11.5 Å². The first-order valence-corrected chi connectivity index (χ1v) is 8.30. The molecule has 1 aromatic carbocycles. The third-order valence-corrected chi connectivity index (χ3v) is 4.78. The van der Waals surface area contributed by atoms with Crippen molar-refractivity contribution in [2.75, 3.05) is 35.0 Å². The highest BCUT2D eigenvalue weighted by Gasteiger charge is 2.31. The predicted molar refractivity (Wildman–Crippen MR) is 86.3 cm³/mol. The molecular weight excluding hydrogens is 340 g/mol. The Bertz CT molecular complexity index is 659. The van der Waals surface area contributed by atoms with Crippen LogP contribution in [0.3, 0.4) is 0 Å². The van der Waals surface area contributed by atoms with Crippen LogP contribution in [0.15, 0.2) is 18.2 Å². The Balaban J connectivity index is 3.20. The van der Waals surface area contributed by atoms with Crippen molar-refractivity contribution < 1.29 is 32.2 Å². The number of carbonyl (C=O) groups is 1. The lowest BCUT2D eigenvalue weighted by Gasteiger charge is -2.25. The lowest BCUT2D eigenvalue weighted by Crippen LogP contribution is -2.43. The van der Waals surface area contributed by atoms with Gasteiger partial charge in [-0.25, -0.2) is 8.42 Å². The molecule has 0 unspecified atom stereocenters. The molecule has 1 amide bonds. The van der Waals surface area contributed by atoms with Gasteiger partial charge in [-0.05, 0) is 6.07 Å². The zero-order valence-electron chi connectivity index (χ0n) is 14.0. The van der Waals surface area contributed by atoms with Gasteiger partial charge < -0.3 is 24.7 Å². The highest BCUT2D eigenvalue weighted by molar-refractivity contribution is 8.03. The zero-order chi connectivity index (χ0) is 18.3. The number of hydrogen-bond donors (Lipinski definition) is 1. The number of sulfonamides is 1. The summed E-state index contributed by atoms with van der Waals surface area (Å²) in [6.45, 7) is -0.366. The summed E-state index contributed by atoms with van der Waals surface area (Å²) in [5.74, 6) is 0.956. The van der Waals surface area contributed by atoms with Crippen molar-refractivity contribution in [2.24, 2.45) is 5.73 Å². The molecule has 1 rings (SSSR count). The van der Waals surface area contributed by atoms with Gasteiger partial charge in [-0.15, -0.1) is 0 Å². The molecule has 0 aliphatic carbocycles. The fourth-order valence-corrected chi connectivity index (χ4v) is 2.84. The largest absolute Gasteiger partial charge is 0.497 e. The summed E-state index contributed by atoms with van der Waals surface area (Å²) in [5, 5.41) is -1.46. The first-order chi connectivity index (χ1) is 11.3. The van der Waals surface area contributed by atoms with Crippen LogP contribution >= 0.6 is 0 Å². The van der Waals surface area contributed by atoms with E-state index in [1.165, 1.54) is 28.4 Å². The van der Waals surface area contributed by atoms with E-state index >= 15 is 0 Å². The summed E-state index contributed by atoms with van der Waals surface area (Å²) < 4.78 is 45.6. The average molecular weight is 362 g/mol. The quantitative estimate of drug-likeness (QED) is 0.637. The van der Waals surface area contributed by atoms with E-state index in [9.17, 15) is 13.2 Å². The molecule has 136 valence electrons. The molecule has 24 heavy (non-hydrogen) atoms. The predicted octanol–water partition coefficient (Wildman–Crippen LogP) is 0.533. The molecule has 9 nitrogen and oxygen atoms in total. The summed E-state index contributed by atoms with van der Waals surface area (Å²) in [4.78, 5) is 11.3. The Hall–Kier alpha value is -1.88. The van der Waals surface area contributed by atoms with Crippen molar-refractivity contribution in [1.82, 2.24) is 4.31 Å². The summed E-state index contributed by atoms with van der Waals surface area (Å²) >= 11 is 0. The molecule has 10 heteroatoms. The minimum Gasteiger partial charge on any atom is -0.497 e. The van der Waals surface area contributed by atoms with Gasteiger partial charge in [-0.2, -0.15) is 4.31 Å². The molecule has 0 radical (unpaired) electrons. The first-order valence-electron chi connectivity index (χ1n) is 6.86. The Labute approximate surface area is 141 Å². The summed E-state index contributed by atoms with van der Waals surface area (Å²) in [6, 6.07) is 4.89. The molecule has 2 N–H and O–H groups in total. The number of benzene rings is 1. The maximum Gasteiger partial charge on any atom is 0.349 e. The normalized spacial score (nSPS) is 11.8. The number of ether oxygens (including phenoxy) is 4. The Morgan fingerprint density at radius 2 is 1.79 bits per heavy atom. The third-order valence-electron chi connectivity index (χ3n) is 3.31. The zero-order valence-corrected chi connectivity index (χ0v) is 14.8. The topological polar surface area (TPSA) is 117 Å². The highest BCUT2D eigenvalue weighted by atomic mass is 32.2. The maximum absolute atomic E-state index is 12.2. The van der Waals surface area contributed by atoms with E-state index in [2.05, 4.69) is 0 Å². The van der Waals surface area contributed by atoms with Gasteiger partial charge in [0.05, 0.1) is 20.8 Å². The first kappa shape index (κ1) is 20.2. The van der Waals surface area contributed by atoms with Crippen LogP contribution in [0, 0.1) is 0 Å². The van der Waals surface area contributed by atoms with Crippen molar-refractivity contribution in [2.45, 2.75) is 12.8 Å². The standard InChI is InChI=1S/C14H22N2O7S/c1-20-11-6-5-10(12(7-11)21-2)8-16(9-13(22-3)23-4)24(18,19)14(15)17/h5-7,13H,8-9H2,1-4H3,(H2,15,17). The van der Waals surface area contributed by atoms with Gasteiger partial charge in [0.1, 0.15) is 11.5 Å². The molecule has 0 heterocycles. The highest BCUT2D eigenvalue weighted by Crippen LogP contribution is 2.26. The number of carbonyl (C=O) groups excluding carboxylic acids is 1. The van der Waals surface area contributed by atoms with Crippen LogP contribution in [0.5, 0.6) is 11.5 Å². The number of nitrogens with zero attached hydrogens (tertiary/aromatic N) is 1. The van der Waals surface area contributed by atoms with E-state index in [0.717, 1.165) is 4.31 Å². The summed E-state index contributed by atoms with van der Waals surface area (Å²) in [5.41, 5.74) is 5.52. The smallest absolute Gasteiger partial charge is 0.349 e. The second kappa shape index (κ2) is 8.83. The molecule has 0 saturated carbocycles. The molecule has 0 aliphatic heterocycles. The Morgan fingerprint density at radius 3 is 2.25 bits per heavy atom. The number of amides is 1. The third kappa shape index (κ3) is 4.81. The van der Waals surface area contributed by atoms with Gasteiger partial charge in [0.2, 0.25) is 0 Å². The molecule has 0 spiro atoms. The lowest BCUT2D eigenvalue weighted by atomic mass is 10.2. The van der Waals surface area contributed by atoms with Gasteiger partial charge in [0, 0.05) is 32.4 Å². The molecular formula is C14H22N2O7S. The van der Waals surface area contributed by atoms with E-state index in [1.807, 2.05) is 0 Å². The number of nitrogens with two attached hydrogens (primary N) is 1. The maximum atomic E-state index is 12.2. The number of methoxy groups -OCH3 is 4. The van der Waals surface area contributed by atoms with Crippen LogP contribution in [0.2, 0.25) is 0 Å². The van der Waals surface area contributed by atoms with Gasteiger partial charge in [0.15, 0.2) is 6.29 Å². The molecule has 0 aliphatic rings. The van der Waals surface area contributed by atoms with Crippen molar-refractivity contribution in [3.05, 3.63) is 23.8 Å². The summed E-state index contributed by atoms with van der Waals surface area (Å²) in [6.07, 6.45) is -0.858. The monoisotopic (exact) mass is 362 g/mol. The lowest BCUT2D eigenvalue weighted by molar-refractivity contribution is -0.108. The second-order valence-electron chi connectivity index (χ2n) is 4.70. The van der Waals surface area contributed by atoms with Crippen LogP contribution in [-0.4, -0.2) is 59.2 Å². The number of hydrogen-bond acceptors (Lipinski definition) is 7. The van der Waals surface area contributed by atoms with Crippen LogP contribution < -0.4 is 15.2 Å². The molecule has 0 aromatic heterocycles. The fourth-order valence-electron chi connectivity index (χ4n) is 1.96. The van der Waals surface area contributed by atoms with Crippen molar-refractivity contribution in [3.63, 3.8) is 0 Å². The van der Waals surface area contributed by atoms with Gasteiger partial charge in [0.25, 0.3) is 10.0 Å². The van der Waals surface area contributed by atoms with Crippen LogP contribution in [0.4, 0.5) is 4.79 Å². The van der Waals surface area contributed by atoms with E-state index in [1.54, 1.807) is 18.2 Å². The minimum atomic E-state index is -4.37. The van der Waals surface area contributed by atoms with Crippen LogP contribution in [0.25, 0.3) is 0 Å². The van der Waals surface area contributed by atoms with Crippen molar-refractivity contribution >= 4 is 15.3 Å².